The fraction of sp³-hybridized carbons (Fsp3) is 0.625. The average molecular weight is 201 g/mol. The maximum absolute atomic E-state index is 12.1. The van der Waals surface area contributed by atoms with Crippen LogP contribution in [0.1, 0.15) is 34.9 Å². The molecule has 0 aliphatic heterocycles. The third-order valence-electron chi connectivity index (χ3n) is 2.19. The summed E-state index contributed by atoms with van der Waals surface area (Å²) < 4.78 is 25.4. The summed E-state index contributed by atoms with van der Waals surface area (Å²) in [6.45, 7) is -0.479. The van der Waals surface area contributed by atoms with Crippen LogP contribution >= 0.6 is 0 Å². The lowest BCUT2D eigenvalue weighted by Crippen LogP contribution is -2.11. The van der Waals surface area contributed by atoms with Gasteiger partial charge in [0.1, 0.15) is 12.2 Å². The fourth-order valence-electron chi connectivity index (χ4n) is 1.46. The Kier molecular flexibility index (Phi) is 2.26. The van der Waals surface area contributed by atoms with E-state index in [4.69, 9.17) is 0 Å². The lowest BCUT2D eigenvalue weighted by Gasteiger charge is -2.03. The van der Waals surface area contributed by atoms with E-state index in [-0.39, 0.29) is 11.6 Å². The molecule has 0 bridgehead atoms. The van der Waals surface area contributed by atoms with E-state index in [1.165, 1.54) is 0 Å². The van der Waals surface area contributed by atoms with E-state index in [9.17, 15) is 13.6 Å². The molecule has 0 saturated heterocycles. The number of nitrogens with zero attached hydrogens (tertiary/aromatic N) is 3. The fourth-order valence-corrected chi connectivity index (χ4v) is 1.46. The monoisotopic (exact) mass is 201 g/mol. The first-order valence-corrected chi connectivity index (χ1v) is 4.39. The SMILES string of the molecule is O=Cc1nnn(CC(F)F)c1C1CC1. The number of rotatable bonds is 4. The van der Waals surface area contributed by atoms with Gasteiger partial charge in [0.15, 0.2) is 6.29 Å². The van der Waals surface area contributed by atoms with Crippen molar-refractivity contribution in [2.45, 2.75) is 31.7 Å². The molecular weight excluding hydrogens is 192 g/mol. The molecular formula is C8H9F2N3O. The number of aldehydes is 1. The predicted molar refractivity (Wildman–Crippen MR) is 43.4 cm³/mol. The molecule has 0 N–H and O–H groups in total. The largest absolute Gasteiger partial charge is 0.296 e. The van der Waals surface area contributed by atoms with Gasteiger partial charge < -0.3 is 0 Å². The number of aromatic nitrogens is 3. The van der Waals surface area contributed by atoms with Gasteiger partial charge in [-0.25, -0.2) is 13.5 Å². The Bertz CT molecular complexity index is 346. The molecule has 1 aromatic rings. The van der Waals surface area contributed by atoms with E-state index in [0.29, 0.717) is 12.0 Å². The molecule has 0 spiro atoms. The summed E-state index contributed by atoms with van der Waals surface area (Å²) >= 11 is 0. The molecule has 2 rings (SSSR count). The minimum atomic E-state index is -2.46. The molecule has 76 valence electrons. The zero-order valence-corrected chi connectivity index (χ0v) is 7.36. The van der Waals surface area contributed by atoms with Crippen LogP contribution in [-0.2, 0) is 6.54 Å². The van der Waals surface area contributed by atoms with E-state index >= 15 is 0 Å². The van der Waals surface area contributed by atoms with Gasteiger partial charge in [-0.2, -0.15) is 0 Å². The minimum Gasteiger partial charge on any atom is -0.296 e. The maximum Gasteiger partial charge on any atom is 0.257 e. The Morgan fingerprint density at radius 3 is 2.79 bits per heavy atom. The van der Waals surface area contributed by atoms with E-state index in [1.807, 2.05) is 0 Å². The normalized spacial score (nSPS) is 16.2. The summed E-state index contributed by atoms with van der Waals surface area (Å²) in [7, 11) is 0. The highest BCUT2D eigenvalue weighted by atomic mass is 19.3. The van der Waals surface area contributed by atoms with Crippen LogP contribution < -0.4 is 0 Å². The number of alkyl halides is 2. The third kappa shape index (κ3) is 1.64. The molecule has 14 heavy (non-hydrogen) atoms. The molecule has 0 atom stereocenters. The van der Waals surface area contributed by atoms with Crippen LogP contribution in [0.25, 0.3) is 0 Å². The van der Waals surface area contributed by atoms with E-state index in [2.05, 4.69) is 10.3 Å². The second-order valence-corrected chi connectivity index (χ2v) is 3.33. The summed E-state index contributed by atoms with van der Waals surface area (Å²) in [6.07, 6.45) is -0.0361. The maximum atomic E-state index is 12.1. The molecule has 0 amide bonds. The smallest absolute Gasteiger partial charge is 0.257 e. The number of hydrogen-bond acceptors (Lipinski definition) is 3. The predicted octanol–water partition coefficient (Wildman–Crippen LogP) is 1.23. The van der Waals surface area contributed by atoms with Crippen molar-refractivity contribution in [2.24, 2.45) is 0 Å². The van der Waals surface area contributed by atoms with Crippen molar-refractivity contribution < 1.29 is 13.6 Å². The average Bonchev–Trinajstić information content (AvgIpc) is 2.88. The highest BCUT2D eigenvalue weighted by Crippen LogP contribution is 2.40. The van der Waals surface area contributed by atoms with Crippen LogP contribution in [0.3, 0.4) is 0 Å². The molecule has 1 heterocycles. The van der Waals surface area contributed by atoms with Gasteiger partial charge in [-0.05, 0) is 12.8 Å². The van der Waals surface area contributed by atoms with Gasteiger partial charge in [0, 0.05) is 5.92 Å². The summed E-state index contributed by atoms with van der Waals surface area (Å²) in [4.78, 5) is 10.6. The van der Waals surface area contributed by atoms with E-state index < -0.39 is 13.0 Å². The molecule has 4 nitrogen and oxygen atoms in total. The van der Waals surface area contributed by atoms with Crippen LogP contribution in [0.2, 0.25) is 0 Å². The molecule has 1 aliphatic carbocycles. The van der Waals surface area contributed by atoms with E-state index in [0.717, 1.165) is 17.5 Å². The first kappa shape index (κ1) is 9.23. The number of halogens is 2. The van der Waals surface area contributed by atoms with Crippen LogP contribution in [0.15, 0.2) is 0 Å². The lowest BCUT2D eigenvalue weighted by atomic mass is 10.2. The Balaban J connectivity index is 2.29. The quantitative estimate of drug-likeness (QED) is 0.688. The number of carbonyl (C=O) groups excluding carboxylic acids is 1. The minimum absolute atomic E-state index is 0.198. The molecule has 0 unspecified atom stereocenters. The van der Waals surface area contributed by atoms with Crippen LogP contribution in [0.5, 0.6) is 0 Å². The lowest BCUT2D eigenvalue weighted by molar-refractivity contribution is 0.111. The second kappa shape index (κ2) is 3.43. The van der Waals surface area contributed by atoms with Gasteiger partial charge in [0.2, 0.25) is 0 Å². The Morgan fingerprint density at radius 2 is 2.29 bits per heavy atom. The highest BCUT2D eigenvalue weighted by Gasteiger charge is 2.31. The molecule has 0 aromatic carbocycles. The molecule has 1 saturated carbocycles. The third-order valence-corrected chi connectivity index (χ3v) is 2.19. The van der Waals surface area contributed by atoms with Gasteiger partial charge in [0.05, 0.1) is 5.69 Å². The summed E-state index contributed by atoms with van der Waals surface area (Å²) in [6, 6.07) is 0. The first-order chi connectivity index (χ1) is 6.72. The molecule has 1 aromatic heterocycles. The van der Waals surface area contributed by atoms with Crippen molar-refractivity contribution in [3.05, 3.63) is 11.4 Å². The summed E-state index contributed by atoms with van der Waals surface area (Å²) in [5.41, 5.74) is 0.772. The molecule has 0 radical (unpaired) electrons. The van der Waals surface area contributed by atoms with E-state index in [1.54, 1.807) is 0 Å². The van der Waals surface area contributed by atoms with Crippen molar-refractivity contribution in [3.8, 4) is 0 Å². The second-order valence-electron chi connectivity index (χ2n) is 3.33. The van der Waals surface area contributed by atoms with Gasteiger partial charge in [-0.15, -0.1) is 5.10 Å². The number of hydrogen-bond donors (Lipinski definition) is 0. The van der Waals surface area contributed by atoms with Gasteiger partial charge in [-0.1, -0.05) is 5.21 Å². The summed E-state index contributed by atoms with van der Waals surface area (Å²) in [5, 5.41) is 7.10. The molecule has 1 fully saturated rings. The van der Waals surface area contributed by atoms with Crippen LogP contribution in [-0.4, -0.2) is 27.7 Å². The van der Waals surface area contributed by atoms with Crippen molar-refractivity contribution >= 4 is 6.29 Å². The van der Waals surface area contributed by atoms with Crippen molar-refractivity contribution in [3.63, 3.8) is 0 Å². The van der Waals surface area contributed by atoms with Gasteiger partial charge >= 0.3 is 0 Å². The molecule has 1 aliphatic rings. The van der Waals surface area contributed by atoms with Gasteiger partial charge in [-0.3, -0.25) is 4.79 Å². The Labute approximate surface area is 78.9 Å². The molecule has 6 heteroatoms. The van der Waals surface area contributed by atoms with Crippen LogP contribution in [0.4, 0.5) is 8.78 Å². The van der Waals surface area contributed by atoms with Crippen molar-refractivity contribution in [2.75, 3.05) is 0 Å². The zero-order chi connectivity index (χ0) is 10.1. The van der Waals surface area contributed by atoms with Crippen LogP contribution in [0, 0.1) is 0 Å². The first-order valence-electron chi connectivity index (χ1n) is 4.39. The van der Waals surface area contributed by atoms with Crippen molar-refractivity contribution in [1.29, 1.82) is 0 Å². The standard InChI is InChI=1S/C8H9F2N3O/c9-7(10)3-13-8(5-1-2-5)6(4-14)11-12-13/h4-5,7H,1-3H2. The summed E-state index contributed by atoms with van der Waals surface area (Å²) in [5.74, 6) is 0.198. The topological polar surface area (TPSA) is 47.8 Å². The zero-order valence-electron chi connectivity index (χ0n) is 7.36. The number of carbonyl (C=O) groups is 1. The van der Waals surface area contributed by atoms with Gasteiger partial charge in [0.25, 0.3) is 6.43 Å². The Morgan fingerprint density at radius 1 is 1.57 bits per heavy atom. The van der Waals surface area contributed by atoms with Crippen molar-refractivity contribution in [1.82, 2.24) is 15.0 Å². The highest BCUT2D eigenvalue weighted by molar-refractivity contribution is 5.73. The Hall–Kier alpha value is -1.33.